The molecule has 0 spiro atoms. The van der Waals surface area contributed by atoms with E-state index in [4.69, 9.17) is 0 Å². The van der Waals surface area contributed by atoms with Crippen LogP contribution in [-0.4, -0.2) is 15.0 Å². The van der Waals surface area contributed by atoms with Crippen molar-refractivity contribution in [2.75, 3.05) is 0 Å². The van der Waals surface area contributed by atoms with E-state index in [9.17, 15) is 4.79 Å². The molecule has 0 aliphatic heterocycles. The highest BCUT2D eigenvalue weighted by molar-refractivity contribution is 9.10. The van der Waals surface area contributed by atoms with Crippen molar-refractivity contribution in [3.05, 3.63) is 4.73 Å². The molecule has 0 atom stereocenters. The van der Waals surface area contributed by atoms with E-state index in [2.05, 4.69) is 25.3 Å². The summed E-state index contributed by atoms with van der Waals surface area (Å²) in [5.74, 6) is 0. The largest absolute Gasteiger partial charge is 0.290 e. The van der Waals surface area contributed by atoms with E-state index >= 15 is 0 Å². The van der Waals surface area contributed by atoms with Crippen molar-refractivity contribution in [2.45, 2.75) is 4.34 Å². The van der Waals surface area contributed by atoms with Gasteiger partial charge in [-0.15, -0.1) is 0 Å². The lowest BCUT2D eigenvalue weighted by atomic mass is 11.3. The second-order valence-corrected chi connectivity index (χ2v) is 3.58. The first-order valence-corrected chi connectivity index (χ1v) is 4.37. The minimum absolute atomic E-state index is 0.539. The summed E-state index contributed by atoms with van der Waals surface area (Å²) < 4.78 is 5.01. The first-order chi connectivity index (χ1) is 4.33. The van der Waals surface area contributed by atoms with Crippen LogP contribution in [0.2, 0.25) is 0 Å². The van der Waals surface area contributed by atoms with Gasteiger partial charge in [-0.3, -0.25) is 4.79 Å². The Hall–Kier alpha value is 0.0600. The predicted octanol–water partition coefficient (Wildman–Crippen LogP) is 1.58. The Morgan fingerprint density at radius 1 is 1.78 bits per heavy atom. The van der Waals surface area contributed by atoms with Crippen LogP contribution < -0.4 is 0 Å². The number of nitrogens with zero attached hydrogens (tertiary/aromatic N) is 2. The van der Waals surface area contributed by atoms with Crippen LogP contribution >= 0.6 is 39.2 Å². The summed E-state index contributed by atoms with van der Waals surface area (Å²) in [6.07, 6.45) is 0. The molecule has 0 aliphatic carbocycles. The minimum Gasteiger partial charge on any atom is -0.290 e. The van der Waals surface area contributed by atoms with Gasteiger partial charge in [0.05, 0.1) is 0 Å². The molecule has 48 valence electrons. The summed E-state index contributed by atoms with van der Waals surface area (Å²) in [4.78, 5) is 13.7. The van der Waals surface area contributed by atoms with Gasteiger partial charge in [0.2, 0.25) is 4.73 Å². The molecule has 3 nitrogen and oxygen atoms in total. The monoisotopic (exact) mass is 224 g/mol. The van der Waals surface area contributed by atoms with E-state index in [1.807, 2.05) is 0 Å². The Labute approximate surface area is 68.2 Å². The summed E-state index contributed by atoms with van der Waals surface area (Å²) in [5.41, 5.74) is 0.729. The molecular formula is C3HBrN2OS2. The zero-order chi connectivity index (χ0) is 6.69. The number of hydrogen-bond donors (Lipinski definition) is 0. The zero-order valence-corrected chi connectivity index (χ0v) is 7.29. The number of hydrogen-bond acceptors (Lipinski definition) is 5. The van der Waals surface area contributed by atoms with Crippen LogP contribution in [0.25, 0.3) is 0 Å². The van der Waals surface area contributed by atoms with Gasteiger partial charge in [-0.1, -0.05) is 0 Å². The van der Waals surface area contributed by atoms with Crippen LogP contribution in [0.4, 0.5) is 0 Å². The third-order valence-electron chi connectivity index (χ3n) is 0.532. The lowest BCUT2D eigenvalue weighted by Gasteiger charge is -1.75. The molecule has 0 aliphatic rings. The van der Waals surface area contributed by atoms with Gasteiger partial charge in [0.1, 0.15) is 0 Å². The molecule has 0 amide bonds. The maximum Gasteiger partial charge on any atom is 0.210 e. The van der Waals surface area contributed by atoms with E-state index in [1.165, 1.54) is 11.5 Å². The molecule has 0 bridgehead atoms. The average molecular weight is 225 g/mol. The number of aromatic nitrogens is 2. The fraction of sp³-hybridized carbons (Fsp3) is 0. The van der Waals surface area contributed by atoms with E-state index < -0.39 is 0 Å². The van der Waals surface area contributed by atoms with Crippen molar-refractivity contribution in [2.24, 2.45) is 0 Å². The van der Waals surface area contributed by atoms with E-state index in [1.54, 1.807) is 0 Å². The standard InChI is InChI=1S/C3HBrN2OS2/c4-2-5-3(8-1-7)9-6-2/h1H. The van der Waals surface area contributed by atoms with Gasteiger partial charge in [0.25, 0.3) is 0 Å². The molecule has 0 unspecified atom stereocenters. The molecule has 0 fully saturated rings. The SMILES string of the molecule is O=CSc1nc(Br)ns1. The summed E-state index contributed by atoms with van der Waals surface area (Å²) in [6.45, 7) is 0. The Morgan fingerprint density at radius 2 is 2.56 bits per heavy atom. The molecule has 1 aromatic heterocycles. The van der Waals surface area contributed by atoms with E-state index in [0.29, 0.717) is 9.07 Å². The fourth-order valence-electron chi connectivity index (χ4n) is 0.282. The van der Waals surface area contributed by atoms with Gasteiger partial charge in [-0.05, 0) is 39.2 Å². The lowest BCUT2D eigenvalue weighted by Crippen LogP contribution is -1.66. The third kappa shape index (κ3) is 2.04. The van der Waals surface area contributed by atoms with Crippen LogP contribution in [0, 0.1) is 0 Å². The second kappa shape index (κ2) is 3.28. The summed E-state index contributed by atoms with van der Waals surface area (Å²) >= 11 is 5.29. The number of carbonyl (C=O) groups excluding carboxylic acids is 1. The van der Waals surface area contributed by atoms with Crippen molar-refractivity contribution in [1.29, 1.82) is 0 Å². The summed E-state index contributed by atoms with van der Waals surface area (Å²) in [5, 5.41) is 0. The van der Waals surface area contributed by atoms with Gasteiger partial charge in [0.15, 0.2) is 9.96 Å². The topological polar surface area (TPSA) is 42.9 Å². The summed E-state index contributed by atoms with van der Waals surface area (Å²) in [7, 11) is 0. The van der Waals surface area contributed by atoms with Crippen molar-refractivity contribution in [3.8, 4) is 0 Å². The van der Waals surface area contributed by atoms with Crippen molar-refractivity contribution in [3.63, 3.8) is 0 Å². The number of thioether (sulfide) groups is 1. The second-order valence-electron chi connectivity index (χ2n) is 1.04. The zero-order valence-electron chi connectivity index (χ0n) is 4.07. The van der Waals surface area contributed by atoms with Crippen molar-refractivity contribution < 1.29 is 4.79 Å². The van der Waals surface area contributed by atoms with Gasteiger partial charge < -0.3 is 0 Å². The van der Waals surface area contributed by atoms with Crippen LogP contribution in [-0.2, 0) is 4.79 Å². The first kappa shape index (κ1) is 7.17. The molecule has 1 heterocycles. The molecule has 0 saturated heterocycles. The van der Waals surface area contributed by atoms with E-state index in [0.717, 1.165) is 17.4 Å². The van der Waals surface area contributed by atoms with Crippen LogP contribution in [0.1, 0.15) is 0 Å². The molecule has 6 heteroatoms. The molecule has 1 rings (SSSR count). The first-order valence-electron chi connectivity index (χ1n) is 1.92. The Balaban J connectivity index is 2.72. The Bertz CT molecular complexity index is 213. The maximum atomic E-state index is 9.87. The highest BCUT2D eigenvalue weighted by atomic mass is 79.9. The summed E-state index contributed by atoms with van der Waals surface area (Å²) in [6, 6.07) is 0. The predicted molar refractivity (Wildman–Crippen MR) is 40.2 cm³/mol. The molecule has 1 aromatic rings. The van der Waals surface area contributed by atoms with Crippen LogP contribution in [0.15, 0.2) is 9.07 Å². The number of carbonyl (C=O) groups is 1. The molecule has 0 radical (unpaired) electrons. The number of rotatable bonds is 2. The molecule has 0 saturated carbocycles. The normalized spacial score (nSPS) is 9.44. The minimum atomic E-state index is 0.539. The van der Waals surface area contributed by atoms with Gasteiger partial charge in [-0.25, -0.2) is 4.98 Å². The number of halogens is 1. The van der Waals surface area contributed by atoms with Gasteiger partial charge >= 0.3 is 0 Å². The highest BCUT2D eigenvalue weighted by Gasteiger charge is 1.98. The van der Waals surface area contributed by atoms with Crippen molar-refractivity contribution >= 4 is 44.8 Å². The van der Waals surface area contributed by atoms with Crippen LogP contribution in [0.5, 0.6) is 0 Å². The molecular weight excluding hydrogens is 224 g/mol. The smallest absolute Gasteiger partial charge is 0.210 e. The molecule has 9 heavy (non-hydrogen) atoms. The molecule has 0 N–H and O–H groups in total. The third-order valence-corrected chi connectivity index (χ3v) is 2.53. The Morgan fingerprint density at radius 3 is 3.00 bits per heavy atom. The average Bonchev–Trinajstić information content (AvgIpc) is 2.17. The molecule has 0 aromatic carbocycles. The quantitative estimate of drug-likeness (QED) is 0.566. The van der Waals surface area contributed by atoms with Gasteiger partial charge in [0, 0.05) is 0 Å². The highest BCUT2D eigenvalue weighted by Crippen LogP contribution is 2.19. The fourth-order valence-corrected chi connectivity index (χ4v) is 1.86. The van der Waals surface area contributed by atoms with Gasteiger partial charge in [-0.2, -0.15) is 4.37 Å². The Kier molecular flexibility index (Phi) is 2.62. The van der Waals surface area contributed by atoms with Crippen molar-refractivity contribution in [1.82, 2.24) is 9.36 Å². The van der Waals surface area contributed by atoms with Crippen LogP contribution in [0.3, 0.4) is 0 Å². The maximum absolute atomic E-state index is 9.87. The van der Waals surface area contributed by atoms with E-state index in [-0.39, 0.29) is 0 Å². The lowest BCUT2D eigenvalue weighted by molar-refractivity contribution is 0.570.